The first kappa shape index (κ1) is 41.9. The first-order valence-electron chi connectivity index (χ1n) is 18.1. The summed E-state index contributed by atoms with van der Waals surface area (Å²) in [5.41, 5.74) is 5.57. The molecule has 0 amide bonds. The number of rotatable bonds is 8. The van der Waals surface area contributed by atoms with Crippen molar-refractivity contribution in [3.05, 3.63) is 105 Å². The Morgan fingerprint density at radius 3 is 2.38 bits per heavy atom. The normalized spacial score (nSPS) is 30.8. The molecule has 3 saturated heterocycles. The molecule has 60 heavy (non-hydrogen) atoms. The second-order valence-corrected chi connectivity index (χ2v) is 19.1. The summed E-state index contributed by atoms with van der Waals surface area (Å²) in [6.07, 6.45) is -7.15. The number of nitrogens with two attached hydrogens (primary N) is 1. The highest BCUT2D eigenvalue weighted by atomic mass is 32.7. The maximum atomic E-state index is 16.4. The third kappa shape index (κ3) is 8.68. The van der Waals surface area contributed by atoms with E-state index in [1.54, 1.807) is 55.5 Å². The average Bonchev–Trinajstić information content (AvgIpc) is 3.89. The van der Waals surface area contributed by atoms with Crippen molar-refractivity contribution in [2.75, 3.05) is 26.1 Å². The number of carbonyl (C=O) groups excluding carboxylic acids is 1. The van der Waals surface area contributed by atoms with Gasteiger partial charge in [-0.1, -0.05) is 19.1 Å². The number of aromatic nitrogens is 6. The van der Waals surface area contributed by atoms with Gasteiger partial charge < -0.3 is 29.6 Å². The Hall–Kier alpha value is -4.80. The lowest BCUT2D eigenvalue weighted by Crippen LogP contribution is -2.36. The minimum Gasteiger partial charge on any atom is -0.497 e. The second kappa shape index (κ2) is 16.9. The first-order valence-corrected chi connectivity index (χ1v) is 22.7. The fourth-order valence-corrected chi connectivity index (χ4v) is 11.2. The fourth-order valence-electron chi connectivity index (χ4n) is 6.82. The zero-order chi connectivity index (χ0) is 42.3. The number of hydrogen-bond acceptors (Lipinski definition) is 18. The van der Waals surface area contributed by atoms with Crippen molar-refractivity contribution < 1.29 is 60.3 Å². The molecule has 0 radical (unpaired) electrons. The molecule has 10 atom stereocenters. The number of alkyl halides is 1. The highest BCUT2D eigenvalue weighted by molar-refractivity contribution is 8.54. The van der Waals surface area contributed by atoms with Crippen LogP contribution in [0.4, 0.5) is 10.2 Å². The van der Waals surface area contributed by atoms with E-state index in [4.69, 9.17) is 42.8 Å². The molecule has 3 fully saturated rings. The number of nitrogen functional groups attached to an aromatic ring is 1. The fraction of sp³-hybridized carbons (Fsp3) is 0.371. The smallest absolute Gasteiger partial charge is 0.472 e. The summed E-state index contributed by atoms with van der Waals surface area (Å²) in [7, 11) is -3.60. The van der Waals surface area contributed by atoms with Crippen LogP contribution in [0.25, 0.3) is 11.2 Å². The average molecular weight is 892 g/mol. The molecule has 8 rings (SSSR count). The topological polar surface area (TPSA) is 270 Å². The van der Waals surface area contributed by atoms with Crippen molar-refractivity contribution >= 4 is 49.0 Å². The molecule has 4 N–H and O–H groups in total. The Morgan fingerprint density at radius 2 is 1.65 bits per heavy atom. The van der Waals surface area contributed by atoms with E-state index in [0.29, 0.717) is 16.9 Å². The van der Waals surface area contributed by atoms with E-state index in [2.05, 4.69) is 19.9 Å². The lowest BCUT2D eigenvalue weighted by Gasteiger charge is -2.30. The minimum absolute atomic E-state index is 0.00370. The van der Waals surface area contributed by atoms with Crippen LogP contribution in [0.2, 0.25) is 0 Å². The number of hydrogen-bond donors (Lipinski definition) is 3. The van der Waals surface area contributed by atoms with Crippen LogP contribution in [-0.4, -0.2) is 90.8 Å². The van der Waals surface area contributed by atoms with Crippen molar-refractivity contribution in [3.63, 3.8) is 0 Å². The molecule has 2 unspecified atom stereocenters. The Labute approximate surface area is 342 Å². The lowest BCUT2D eigenvalue weighted by atomic mass is 10.0. The molecule has 0 saturated carbocycles. The molecule has 3 aliphatic rings. The summed E-state index contributed by atoms with van der Waals surface area (Å²) >= 11 is 0.752. The number of H-pyrrole nitrogens is 1. The van der Waals surface area contributed by atoms with Crippen molar-refractivity contribution in [2.45, 2.75) is 55.7 Å². The van der Waals surface area contributed by atoms with E-state index in [1.807, 2.05) is 0 Å². The summed E-state index contributed by atoms with van der Waals surface area (Å²) in [6.45, 7) is -4.19. The third-order valence-electron chi connectivity index (χ3n) is 9.86. The van der Waals surface area contributed by atoms with E-state index >= 15 is 4.39 Å². The number of phosphoric acid groups is 1. The molecule has 0 aliphatic carbocycles. The maximum Gasteiger partial charge on any atom is 0.472 e. The monoisotopic (exact) mass is 891 g/mol. The number of fused-ring (bicyclic) bond motifs is 3. The van der Waals surface area contributed by atoms with Gasteiger partial charge in [-0.3, -0.25) is 37.0 Å². The summed E-state index contributed by atoms with van der Waals surface area (Å²) in [6, 6.07) is 13.8. The van der Waals surface area contributed by atoms with Crippen LogP contribution in [0.15, 0.2) is 83.0 Å². The minimum atomic E-state index is -5.11. The molecule has 318 valence electrons. The van der Waals surface area contributed by atoms with Crippen LogP contribution in [0, 0.1) is 5.92 Å². The summed E-state index contributed by atoms with van der Waals surface area (Å²) < 4.78 is 92.7. The molecule has 5 aromatic rings. The van der Waals surface area contributed by atoms with Gasteiger partial charge in [0.05, 0.1) is 32.2 Å². The van der Waals surface area contributed by atoms with Gasteiger partial charge >= 0.3 is 26.3 Å². The van der Waals surface area contributed by atoms with Gasteiger partial charge in [0.15, 0.2) is 23.9 Å². The van der Waals surface area contributed by atoms with Crippen LogP contribution in [0.5, 0.6) is 11.5 Å². The Morgan fingerprint density at radius 1 is 0.950 bits per heavy atom. The van der Waals surface area contributed by atoms with Crippen LogP contribution in [0.3, 0.4) is 0 Å². The van der Waals surface area contributed by atoms with Gasteiger partial charge in [0.25, 0.3) is 5.56 Å². The van der Waals surface area contributed by atoms with Crippen LogP contribution < -0.4 is 26.5 Å². The summed E-state index contributed by atoms with van der Waals surface area (Å²) in [5.74, 6) is -0.591. The number of imidazole rings is 1. The molecule has 3 aromatic heterocycles. The maximum absolute atomic E-state index is 16.4. The van der Waals surface area contributed by atoms with Gasteiger partial charge in [0, 0.05) is 23.9 Å². The lowest BCUT2D eigenvalue weighted by molar-refractivity contribution is -0.0616. The summed E-state index contributed by atoms with van der Waals surface area (Å²) in [4.78, 5) is 62.5. The van der Waals surface area contributed by atoms with Crippen LogP contribution in [0.1, 0.15) is 35.3 Å². The molecule has 6 heterocycles. The molecule has 2 aromatic carbocycles. The van der Waals surface area contributed by atoms with E-state index in [1.165, 1.54) is 24.2 Å². The predicted molar refractivity (Wildman–Crippen MR) is 208 cm³/mol. The SMILES string of the molecule is COc1ccc(C(=O)Oc2ccc(CSP3(=O)OC[C@H]4O[C@@H](n5cnc6c(N)ncnc65)[C@H](F)[C@@H]4OP(=O)(O)OC[C@H]4O[C@@H](n5ccc(=O)[nH]c5=O)[C@H](C)[C@@H]4O3)cc2)cc1. The molecule has 0 spiro atoms. The quantitative estimate of drug-likeness (QED) is 0.113. The zero-order valence-electron chi connectivity index (χ0n) is 31.4. The second-order valence-electron chi connectivity index (χ2n) is 13.7. The van der Waals surface area contributed by atoms with Gasteiger partial charge in [0.1, 0.15) is 54.0 Å². The van der Waals surface area contributed by atoms with Crippen LogP contribution >= 0.6 is 26.0 Å². The zero-order valence-corrected chi connectivity index (χ0v) is 34.0. The van der Waals surface area contributed by atoms with E-state index < -0.39 is 94.0 Å². The van der Waals surface area contributed by atoms with Crippen molar-refractivity contribution in [3.8, 4) is 11.5 Å². The molecule has 21 nitrogen and oxygen atoms in total. The van der Waals surface area contributed by atoms with Gasteiger partial charge in [-0.15, -0.1) is 0 Å². The molecule has 3 aliphatic heterocycles. The standard InChI is InChI=1S/C35H36FN7O14P2S/c1-18-28-23(54-32(18)42-12-11-25(44)41-35(42)46)13-51-58(47,48)56-29-24(55-33(26(29)36)43-17-40-27-30(37)38-16-39-31(27)43)14-52-59(49,57-28)60-15-19-3-7-22(8-4-19)53-34(45)20-5-9-21(50-2)10-6-20/h3-12,16-18,23-24,26,28-29,32-33H,13-15H2,1-2H3,(H,47,48)(H2,37,38,39)(H,41,44,46)/t18-,23-,24-,26-,28+,29-,32-,33-,59?/m1/s1. The van der Waals surface area contributed by atoms with Crippen molar-refractivity contribution in [1.29, 1.82) is 0 Å². The Kier molecular flexibility index (Phi) is 11.8. The molecule has 0 bridgehead atoms. The number of phosphoric ester groups is 1. The highest BCUT2D eigenvalue weighted by Crippen LogP contribution is 2.65. The van der Waals surface area contributed by atoms with Gasteiger partial charge in [-0.25, -0.2) is 38.1 Å². The van der Waals surface area contributed by atoms with Gasteiger partial charge in [-0.05, 0) is 53.3 Å². The Bertz CT molecular complexity index is 2600. The number of aromatic amines is 1. The number of carbonyl (C=O) groups is 1. The third-order valence-corrected chi connectivity index (χ3v) is 14.5. The number of nitrogens with one attached hydrogen (secondary N) is 1. The number of methoxy groups -OCH3 is 1. The van der Waals surface area contributed by atoms with Crippen molar-refractivity contribution in [2.24, 2.45) is 5.92 Å². The molecule has 25 heteroatoms. The number of esters is 1. The number of ether oxygens (including phenoxy) is 4. The van der Waals surface area contributed by atoms with Gasteiger partial charge in [-0.2, -0.15) is 0 Å². The predicted octanol–water partition coefficient (Wildman–Crippen LogP) is 3.91. The van der Waals surface area contributed by atoms with E-state index in [0.717, 1.165) is 28.3 Å². The molecular weight excluding hydrogens is 855 g/mol. The summed E-state index contributed by atoms with van der Waals surface area (Å²) in [5, 5.41) is 0. The number of benzene rings is 2. The Balaban J connectivity index is 1.06. The highest BCUT2D eigenvalue weighted by Gasteiger charge is 2.54. The number of anilines is 1. The number of halogens is 1. The van der Waals surface area contributed by atoms with E-state index in [9.17, 15) is 28.4 Å². The first-order chi connectivity index (χ1) is 28.7. The van der Waals surface area contributed by atoms with Gasteiger partial charge in [0.2, 0.25) is 0 Å². The van der Waals surface area contributed by atoms with Crippen LogP contribution in [-0.2, 0) is 42.5 Å². The largest absolute Gasteiger partial charge is 0.497 e. The number of nitrogens with zero attached hydrogens (tertiary/aromatic N) is 5. The molecular formula is C35H36FN7O14P2S. The van der Waals surface area contributed by atoms with Crippen molar-refractivity contribution in [1.82, 2.24) is 29.1 Å². The van der Waals surface area contributed by atoms with E-state index in [-0.39, 0.29) is 28.5 Å².